The Morgan fingerprint density at radius 1 is 1.17 bits per heavy atom. The molecule has 0 atom stereocenters. The van der Waals surface area contributed by atoms with Crippen LogP contribution in [0.2, 0.25) is 0 Å². The molecule has 0 saturated heterocycles. The van der Waals surface area contributed by atoms with E-state index in [1.807, 2.05) is 6.07 Å². The summed E-state index contributed by atoms with van der Waals surface area (Å²) in [5, 5.41) is 9.02. The molecular weight excluding hydrogens is 234 g/mol. The zero-order valence-corrected chi connectivity index (χ0v) is 10.4. The predicted molar refractivity (Wildman–Crippen MR) is 65.8 cm³/mol. The Kier molecular flexibility index (Phi) is 4.76. The van der Waals surface area contributed by atoms with Crippen molar-refractivity contribution < 1.29 is 19.0 Å². The molecule has 0 spiro atoms. The van der Waals surface area contributed by atoms with E-state index in [2.05, 4.69) is 0 Å². The van der Waals surface area contributed by atoms with E-state index in [1.54, 1.807) is 12.1 Å². The van der Waals surface area contributed by atoms with E-state index in [9.17, 15) is 4.79 Å². The summed E-state index contributed by atoms with van der Waals surface area (Å²) < 4.78 is 15.6. The van der Waals surface area contributed by atoms with Gasteiger partial charge in [-0.15, -0.1) is 0 Å². The fraction of sp³-hybridized carbons (Fsp3) is 0.231. The summed E-state index contributed by atoms with van der Waals surface area (Å²) in [4.78, 5) is 10.5. The molecule has 0 N–H and O–H groups in total. The van der Waals surface area contributed by atoms with Crippen LogP contribution < -0.4 is 14.2 Å². The third kappa shape index (κ3) is 2.43. The van der Waals surface area contributed by atoms with Crippen molar-refractivity contribution in [2.75, 3.05) is 21.3 Å². The van der Waals surface area contributed by atoms with Gasteiger partial charge in [-0.1, -0.05) is 0 Å². The Hall–Kier alpha value is -2.48. The minimum absolute atomic E-state index is 0.197. The molecule has 0 aliphatic carbocycles. The van der Waals surface area contributed by atoms with Crippen molar-refractivity contribution in [1.29, 1.82) is 5.26 Å². The van der Waals surface area contributed by atoms with Crippen molar-refractivity contribution in [3.05, 3.63) is 23.8 Å². The minimum atomic E-state index is 0.197. The molecule has 94 valence electrons. The lowest BCUT2D eigenvalue weighted by Gasteiger charge is -2.14. The molecule has 5 heteroatoms. The van der Waals surface area contributed by atoms with Gasteiger partial charge >= 0.3 is 0 Å². The first kappa shape index (κ1) is 13.6. The summed E-state index contributed by atoms with van der Waals surface area (Å²) >= 11 is 0. The molecule has 5 nitrogen and oxygen atoms in total. The highest BCUT2D eigenvalue weighted by molar-refractivity contribution is 5.91. The van der Waals surface area contributed by atoms with Gasteiger partial charge in [0, 0.05) is 5.56 Å². The first-order valence-corrected chi connectivity index (χ1v) is 5.08. The van der Waals surface area contributed by atoms with Gasteiger partial charge in [0.05, 0.1) is 26.9 Å². The Morgan fingerprint density at radius 2 is 1.83 bits per heavy atom. The van der Waals surface area contributed by atoms with Gasteiger partial charge in [0.1, 0.15) is 12.4 Å². The van der Waals surface area contributed by atoms with Crippen LogP contribution in [-0.4, -0.2) is 27.6 Å². The van der Waals surface area contributed by atoms with E-state index in [0.717, 1.165) is 0 Å². The van der Waals surface area contributed by atoms with Gasteiger partial charge in [-0.25, -0.2) is 0 Å². The number of aldehydes is 1. The molecule has 0 unspecified atom stereocenters. The molecule has 0 amide bonds. The molecular formula is C13H13NO4. The molecule has 1 rings (SSSR count). The highest BCUT2D eigenvalue weighted by atomic mass is 16.5. The third-order valence-corrected chi connectivity index (χ3v) is 2.35. The van der Waals surface area contributed by atoms with Crippen LogP contribution in [0.5, 0.6) is 17.2 Å². The zero-order valence-electron chi connectivity index (χ0n) is 10.4. The van der Waals surface area contributed by atoms with E-state index in [1.165, 1.54) is 27.4 Å². The SMILES string of the molecule is COc1ccc(C(C#N)=CC=O)c(OC)c1OC. The van der Waals surface area contributed by atoms with Crippen LogP contribution in [0, 0.1) is 11.3 Å². The summed E-state index contributed by atoms with van der Waals surface area (Å²) in [6.07, 6.45) is 1.72. The van der Waals surface area contributed by atoms with Crippen molar-refractivity contribution >= 4 is 11.9 Å². The minimum Gasteiger partial charge on any atom is -0.493 e. The second-order valence-electron chi connectivity index (χ2n) is 3.21. The van der Waals surface area contributed by atoms with Crippen molar-refractivity contribution in [3.63, 3.8) is 0 Å². The third-order valence-electron chi connectivity index (χ3n) is 2.35. The number of benzene rings is 1. The number of hydrogen-bond donors (Lipinski definition) is 0. The highest BCUT2D eigenvalue weighted by Gasteiger charge is 2.18. The second-order valence-corrected chi connectivity index (χ2v) is 3.21. The van der Waals surface area contributed by atoms with Gasteiger partial charge < -0.3 is 14.2 Å². The molecule has 0 saturated carbocycles. The van der Waals surface area contributed by atoms with E-state index in [0.29, 0.717) is 29.1 Å². The zero-order chi connectivity index (χ0) is 13.5. The quantitative estimate of drug-likeness (QED) is 0.451. The molecule has 0 radical (unpaired) electrons. The predicted octanol–water partition coefficient (Wildman–Crippen LogP) is 1.82. The lowest BCUT2D eigenvalue weighted by molar-refractivity contribution is -0.104. The molecule has 0 aliphatic heterocycles. The fourth-order valence-corrected chi connectivity index (χ4v) is 1.57. The van der Waals surface area contributed by atoms with Crippen LogP contribution in [0.1, 0.15) is 5.56 Å². The Balaban J connectivity index is 3.52. The lowest BCUT2D eigenvalue weighted by Crippen LogP contribution is -1.98. The van der Waals surface area contributed by atoms with Gasteiger partial charge in [-0.3, -0.25) is 4.79 Å². The van der Waals surface area contributed by atoms with E-state index >= 15 is 0 Å². The van der Waals surface area contributed by atoms with Gasteiger partial charge in [0.2, 0.25) is 5.75 Å². The number of carbonyl (C=O) groups is 1. The number of carbonyl (C=O) groups excluding carboxylic acids is 1. The number of nitrogens with zero attached hydrogens (tertiary/aromatic N) is 1. The molecule has 0 bridgehead atoms. The number of nitriles is 1. The van der Waals surface area contributed by atoms with E-state index < -0.39 is 0 Å². The van der Waals surface area contributed by atoms with E-state index in [4.69, 9.17) is 19.5 Å². The van der Waals surface area contributed by atoms with Crippen molar-refractivity contribution in [2.24, 2.45) is 0 Å². The maximum atomic E-state index is 10.5. The Morgan fingerprint density at radius 3 is 2.28 bits per heavy atom. The highest BCUT2D eigenvalue weighted by Crippen LogP contribution is 2.42. The molecule has 18 heavy (non-hydrogen) atoms. The van der Waals surface area contributed by atoms with E-state index in [-0.39, 0.29) is 5.57 Å². The molecule has 0 aromatic heterocycles. The first-order chi connectivity index (χ1) is 8.73. The second kappa shape index (κ2) is 6.30. The molecule has 0 aliphatic rings. The van der Waals surface area contributed by atoms with Crippen molar-refractivity contribution in [3.8, 4) is 23.3 Å². The van der Waals surface area contributed by atoms with Crippen molar-refractivity contribution in [1.82, 2.24) is 0 Å². The number of rotatable bonds is 5. The molecule has 1 aromatic carbocycles. The van der Waals surface area contributed by atoms with Crippen LogP contribution in [0.15, 0.2) is 18.2 Å². The van der Waals surface area contributed by atoms with Gasteiger partial charge in [0.25, 0.3) is 0 Å². The average Bonchev–Trinajstić information content (AvgIpc) is 2.42. The normalized spacial score (nSPS) is 10.4. The number of ether oxygens (including phenoxy) is 3. The van der Waals surface area contributed by atoms with Crippen LogP contribution >= 0.6 is 0 Å². The van der Waals surface area contributed by atoms with Crippen LogP contribution in [-0.2, 0) is 4.79 Å². The Bertz CT molecular complexity index is 514. The average molecular weight is 247 g/mol. The van der Waals surface area contributed by atoms with Gasteiger partial charge in [-0.05, 0) is 18.2 Å². The summed E-state index contributed by atoms with van der Waals surface area (Å²) in [6.45, 7) is 0. The molecule has 0 heterocycles. The fourth-order valence-electron chi connectivity index (χ4n) is 1.57. The summed E-state index contributed by atoms with van der Waals surface area (Å²) in [7, 11) is 4.43. The lowest BCUT2D eigenvalue weighted by atomic mass is 10.0. The largest absolute Gasteiger partial charge is 0.493 e. The summed E-state index contributed by atoms with van der Waals surface area (Å²) in [5.74, 6) is 1.22. The topological polar surface area (TPSA) is 68.5 Å². The maximum Gasteiger partial charge on any atom is 0.203 e. The first-order valence-electron chi connectivity index (χ1n) is 5.08. The summed E-state index contributed by atoms with van der Waals surface area (Å²) in [6, 6.07) is 5.22. The maximum absolute atomic E-state index is 10.5. The number of allylic oxidation sites excluding steroid dienone is 2. The smallest absolute Gasteiger partial charge is 0.203 e. The van der Waals surface area contributed by atoms with Crippen LogP contribution in [0.25, 0.3) is 5.57 Å². The van der Waals surface area contributed by atoms with Crippen LogP contribution in [0.3, 0.4) is 0 Å². The van der Waals surface area contributed by atoms with Crippen LogP contribution in [0.4, 0.5) is 0 Å². The number of hydrogen-bond acceptors (Lipinski definition) is 5. The molecule has 0 fully saturated rings. The number of methoxy groups -OCH3 is 3. The van der Waals surface area contributed by atoms with Crippen molar-refractivity contribution in [2.45, 2.75) is 0 Å². The monoisotopic (exact) mass is 247 g/mol. The molecule has 1 aromatic rings. The van der Waals surface area contributed by atoms with Gasteiger partial charge in [0.15, 0.2) is 11.5 Å². The standard InChI is InChI=1S/C13H13NO4/c1-16-11-5-4-10(9(8-14)6-7-15)12(17-2)13(11)18-3/h4-7H,1-3H3. The Labute approximate surface area is 105 Å². The van der Waals surface area contributed by atoms with Gasteiger partial charge in [-0.2, -0.15) is 5.26 Å². The summed E-state index contributed by atoms with van der Waals surface area (Å²) in [5.41, 5.74) is 0.674.